The summed E-state index contributed by atoms with van der Waals surface area (Å²) in [5, 5.41) is 18.5. The van der Waals surface area contributed by atoms with E-state index in [1.165, 1.54) is 43.3 Å². The Morgan fingerprint density at radius 2 is 1.81 bits per heavy atom. The number of phenols is 1. The van der Waals surface area contributed by atoms with Gasteiger partial charge in [-0.1, -0.05) is 19.1 Å². The number of carboxylic acid groups (broad SMARTS) is 1. The number of hydrogen-bond donors (Lipinski definition) is 2. The van der Waals surface area contributed by atoms with Gasteiger partial charge in [0.05, 0.1) is 16.5 Å². The Labute approximate surface area is 146 Å². The van der Waals surface area contributed by atoms with Gasteiger partial charge in [-0.15, -0.1) is 0 Å². The minimum Gasteiger partial charge on any atom is -0.508 e. The zero-order valence-corrected chi connectivity index (χ0v) is 13.6. The molecule has 1 heterocycles. The summed E-state index contributed by atoms with van der Waals surface area (Å²) in [6.45, 7) is 1.25. The Balaban J connectivity index is 2.36. The highest BCUT2D eigenvalue weighted by Crippen LogP contribution is 2.38. The van der Waals surface area contributed by atoms with Gasteiger partial charge in [-0.3, -0.25) is 4.79 Å². The molecule has 3 aromatic rings. The number of halogens is 2. The lowest BCUT2D eigenvalue weighted by Crippen LogP contribution is -2.19. The Morgan fingerprint density at radius 1 is 1.15 bits per heavy atom. The molecule has 0 saturated heterocycles. The van der Waals surface area contributed by atoms with Crippen LogP contribution in [0.1, 0.15) is 29.5 Å². The lowest BCUT2D eigenvalue weighted by Gasteiger charge is -2.17. The van der Waals surface area contributed by atoms with Crippen molar-refractivity contribution in [2.75, 3.05) is 0 Å². The van der Waals surface area contributed by atoms with Crippen molar-refractivity contribution < 1.29 is 28.2 Å². The van der Waals surface area contributed by atoms with E-state index in [4.69, 9.17) is 9.52 Å². The van der Waals surface area contributed by atoms with Crippen molar-refractivity contribution in [1.82, 2.24) is 0 Å². The third-order valence-corrected chi connectivity index (χ3v) is 4.07. The minimum atomic E-state index is -3.42. The first kappa shape index (κ1) is 17.6. The molecule has 0 saturated carbocycles. The molecule has 0 bridgehead atoms. The van der Waals surface area contributed by atoms with Gasteiger partial charge in [-0.25, -0.2) is 4.79 Å². The molecule has 0 aliphatic heterocycles. The van der Waals surface area contributed by atoms with Crippen LogP contribution in [0.25, 0.3) is 22.1 Å². The molecule has 0 unspecified atom stereocenters. The van der Waals surface area contributed by atoms with E-state index in [2.05, 4.69) is 0 Å². The lowest BCUT2D eigenvalue weighted by atomic mass is 9.97. The van der Waals surface area contributed by atoms with E-state index in [0.29, 0.717) is 0 Å². The highest BCUT2D eigenvalue weighted by atomic mass is 19.3. The molecule has 2 N–H and O–H groups in total. The van der Waals surface area contributed by atoms with Crippen molar-refractivity contribution in [1.29, 1.82) is 0 Å². The van der Waals surface area contributed by atoms with E-state index in [0.717, 1.165) is 6.07 Å². The molecule has 7 heteroatoms. The van der Waals surface area contributed by atoms with E-state index in [-0.39, 0.29) is 33.4 Å². The van der Waals surface area contributed by atoms with Crippen LogP contribution < -0.4 is 5.43 Å². The number of phenolic OH excluding ortho intramolecular Hbond substituents is 1. The van der Waals surface area contributed by atoms with E-state index in [1.54, 1.807) is 0 Å². The SMILES string of the molecule is CCC(F)(F)c1oc2cc(O)ccc2c(=O)c1-c1ccc(C(=O)O)cc1. The number of carboxylic acids is 1. The standard InChI is InChI=1S/C19H14F2O5/c1-2-19(20,21)17-15(10-3-5-11(6-4-10)18(24)25)16(23)13-8-7-12(22)9-14(13)26-17/h3-9,22H,2H2,1H3,(H,24,25). The maximum absolute atomic E-state index is 14.5. The Bertz CT molecular complexity index is 1050. The van der Waals surface area contributed by atoms with Crippen molar-refractivity contribution in [3.8, 4) is 16.9 Å². The van der Waals surface area contributed by atoms with Gasteiger partial charge >= 0.3 is 11.9 Å². The summed E-state index contributed by atoms with van der Waals surface area (Å²) in [5.41, 5.74) is -1.07. The molecule has 134 valence electrons. The predicted octanol–water partition coefficient (Wildman–Crippen LogP) is 4.37. The van der Waals surface area contributed by atoms with Gasteiger partial charge in [-0.05, 0) is 29.8 Å². The molecule has 0 fully saturated rings. The number of alkyl halides is 2. The highest BCUT2D eigenvalue weighted by Gasteiger charge is 2.37. The number of hydrogen-bond acceptors (Lipinski definition) is 4. The quantitative estimate of drug-likeness (QED) is 0.721. The van der Waals surface area contributed by atoms with E-state index < -0.39 is 29.5 Å². The van der Waals surface area contributed by atoms with Gasteiger partial charge in [0.2, 0.25) is 5.43 Å². The third kappa shape index (κ3) is 2.92. The maximum Gasteiger partial charge on any atom is 0.335 e. The second-order valence-electron chi connectivity index (χ2n) is 5.76. The number of benzene rings is 2. The minimum absolute atomic E-state index is 0.0346. The number of aromatic carboxylic acids is 1. The summed E-state index contributed by atoms with van der Waals surface area (Å²) in [6.07, 6.45) is -0.597. The fourth-order valence-corrected chi connectivity index (χ4v) is 2.64. The van der Waals surface area contributed by atoms with Crippen LogP contribution in [0.3, 0.4) is 0 Å². The Morgan fingerprint density at radius 3 is 2.38 bits per heavy atom. The monoisotopic (exact) mass is 360 g/mol. The van der Waals surface area contributed by atoms with E-state index in [9.17, 15) is 23.5 Å². The fraction of sp³-hybridized carbons (Fsp3) is 0.158. The average molecular weight is 360 g/mol. The van der Waals surface area contributed by atoms with Gasteiger partial charge in [0.25, 0.3) is 0 Å². The topological polar surface area (TPSA) is 87.7 Å². The number of rotatable bonds is 4. The summed E-state index contributed by atoms with van der Waals surface area (Å²) in [5.74, 6) is -5.62. The molecule has 1 aromatic heterocycles. The molecule has 0 aliphatic carbocycles. The van der Waals surface area contributed by atoms with Gasteiger partial charge < -0.3 is 14.6 Å². The van der Waals surface area contributed by atoms with Crippen molar-refractivity contribution in [2.24, 2.45) is 0 Å². The second kappa shape index (κ2) is 6.25. The maximum atomic E-state index is 14.5. The van der Waals surface area contributed by atoms with Gasteiger partial charge in [0.1, 0.15) is 11.3 Å². The first-order valence-corrected chi connectivity index (χ1v) is 7.76. The summed E-state index contributed by atoms with van der Waals surface area (Å²) >= 11 is 0. The molecule has 0 radical (unpaired) electrons. The highest BCUT2D eigenvalue weighted by molar-refractivity contribution is 5.89. The van der Waals surface area contributed by atoms with Crippen molar-refractivity contribution in [3.05, 3.63) is 64.0 Å². The molecular weight excluding hydrogens is 346 g/mol. The average Bonchev–Trinajstić information content (AvgIpc) is 2.61. The van der Waals surface area contributed by atoms with Gasteiger partial charge in [0, 0.05) is 12.5 Å². The second-order valence-corrected chi connectivity index (χ2v) is 5.76. The van der Waals surface area contributed by atoms with Gasteiger partial charge in [0.15, 0.2) is 5.76 Å². The van der Waals surface area contributed by atoms with E-state index in [1.807, 2.05) is 0 Å². The molecule has 0 amide bonds. The van der Waals surface area contributed by atoms with Crippen LogP contribution in [0.2, 0.25) is 0 Å². The lowest BCUT2D eigenvalue weighted by molar-refractivity contribution is -0.0284. The van der Waals surface area contributed by atoms with Crippen LogP contribution >= 0.6 is 0 Å². The normalized spacial score (nSPS) is 11.7. The van der Waals surface area contributed by atoms with Gasteiger partial charge in [-0.2, -0.15) is 8.78 Å². The molecule has 26 heavy (non-hydrogen) atoms. The van der Waals surface area contributed by atoms with Crippen LogP contribution in [0.15, 0.2) is 51.7 Å². The molecule has 0 spiro atoms. The van der Waals surface area contributed by atoms with Crippen molar-refractivity contribution in [3.63, 3.8) is 0 Å². The number of aromatic hydroxyl groups is 1. The molecule has 2 aromatic carbocycles. The Hall–Kier alpha value is -3.22. The summed E-state index contributed by atoms with van der Waals surface area (Å²) < 4.78 is 34.2. The predicted molar refractivity (Wildman–Crippen MR) is 90.7 cm³/mol. The van der Waals surface area contributed by atoms with Crippen LogP contribution in [0, 0.1) is 0 Å². The summed E-state index contributed by atoms with van der Waals surface area (Å²) in [4.78, 5) is 23.8. The largest absolute Gasteiger partial charge is 0.508 e. The smallest absolute Gasteiger partial charge is 0.335 e. The molecule has 0 atom stereocenters. The zero-order chi connectivity index (χ0) is 19.1. The number of carbonyl (C=O) groups is 1. The number of fused-ring (bicyclic) bond motifs is 1. The molecule has 3 rings (SSSR count). The first-order valence-electron chi connectivity index (χ1n) is 7.76. The van der Waals surface area contributed by atoms with Crippen molar-refractivity contribution >= 4 is 16.9 Å². The summed E-state index contributed by atoms with van der Waals surface area (Å²) in [6, 6.07) is 8.68. The molecule has 0 aliphatic rings. The van der Waals surface area contributed by atoms with Crippen LogP contribution in [-0.2, 0) is 5.92 Å². The zero-order valence-electron chi connectivity index (χ0n) is 13.6. The van der Waals surface area contributed by atoms with Crippen LogP contribution in [0.5, 0.6) is 5.75 Å². The first-order chi connectivity index (χ1) is 12.2. The van der Waals surface area contributed by atoms with Crippen molar-refractivity contribution in [2.45, 2.75) is 19.3 Å². The molecule has 5 nitrogen and oxygen atoms in total. The van der Waals surface area contributed by atoms with E-state index >= 15 is 0 Å². The van der Waals surface area contributed by atoms with Crippen LogP contribution in [-0.4, -0.2) is 16.2 Å². The van der Waals surface area contributed by atoms with Crippen LogP contribution in [0.4, 0.5) is 8.78 Å². The Kier molecular flexibility index (Phi) is 4.23. The third-order valence-electron chi connectivity index (χ3n) is 4.07. The fourth-order valence-electron chi connectivity index (χ4n) is 2.64. The molecular formula is C19H14F2O5. The summed E-state index contributed by atoms with van der Waals surface area (Å²) in [7, 11) is 0.